The van der Waals surface area contributed by atoms with Gasteiger partial charge in [0.2, 0.25) is 11.8 Å². The first-order valence-corrected chi connectivity index (χ1v) is 7.68. The van der Waals surface area contributed by atoms with E-state index in [0.717, 1.165) is 10.0 Å². The minimum Gasteiger partial charge on any atom is -0.346 e. The minimum absolute atomic E-state index is 0. The van der Waals surface area contributed by atoms with Crippen LogP contribution in [0.25, 0.3) is 0 Å². The average Bonchev–Trinajstić information content (AvgIpc) is 2.39. The lowest BCUT2D eigenvalue weighted by Crippen LogP contribution is -2.44. The van der Waals surface area contributed by atoms with E-state index in [1.807, 2.05) is 32.9 Å². The monoisotopic (exact) mass is 391 g/mol. The smallest absolute Gasteiger partial charge is 0.243 e. The van der Waals surface area contributed by atoms with Crippen molar-refractivity contribution in [3.8, 4) is 0 Å². The second-order valence-electron chi connectivity index (χ2n) is 5.47. The summed E-state index contributed by atoms with van der Waals surface area (Å²) in [5.41, 5.74) is 7.46. The molecule has 0 spiro atoms. The molecule has 1 aromatic rings. The number of aryl methyl sites for hydroxylation is 1. The summed E-state index contributed by atoms with van der Waals surface area (Å²) in [6, 6.07) is 4.94. The van der Waals surface area contributed by atoms with Gasteiger partial charge in [-0.3, -0.25) is 9.59 Å². The van der Waals surface area contributed by atoms with Gasteiger partial charge in [-0.1, -0.05) is 29.8 Å². The van der Waals surface area contributed by atoms with Crippen LogP contribution in [0.2, 0.25) is 0 Å². The fraction of sp³-hybridized carbons (Fsp3) is 0.467. The summed E-state index contributed by atoms with van der Waals surface area (Å²) in [7, 11) is 0. The highest BCUT2D eigenvalue weighted by Crippen LogP contribution is 2.19. The van der Waals surface area contributed by atoms with Crippen molar-refractivity contribution in [2.75, 3.05) is 11.9 Å². The molecule has 0 saturated heterocycles. The fourth-order valence-electron chi connectivity index (χ4n) is 1.84. The number of nitrogens with one attached hydrogen (secondary N) is 2. The number of rotatable bonds is 6. The number of halogens is 2. The van der Waals surface area contributed by atoms with Gasteiger partial charge in [-0.15, -0.1) is 12.4 Å². The Kier molecular flexibility index (Phi) is 9.32. The third kappa shape index (κ3) is 7.24. The van der Waals surface area contributed by atoms with Crippen molar-refractivity contribution in [3.63, 3.8) is 0 Å². The number of hydrogen-bond donors (Lipinski definition) is 3. The quantitative estimate of drug-likeness (QED) is 0.696. The van der Waals surface area contributed by atoms with Crippen molar-refractivity contribution >= 4 is 45.8 Å². The first-order chi connectivity index (χ1) is 9.79. The topological polar surface area (TPSA) is 84.2 Å². The van der Waals surface area contributed by atoms with Crippen molar-refractivity contribution in [2.45, 2.75) is 33.2 Å². The number of carbonyl (C=O) groups excluding carboxylic acids is 2. The molecule has 0 aliphatic heterocycles. The molecule has 0 aromatic heterocycles. The van der Waals surface area contributed by atoms with Crippen LogP contribution in [0.15, 0.2) is 22.7 Å². The predicted octanol–water partition coefficient (Wildman–Crippen LogP) is 2.61. The number of carbonyl (C=O) groups is 2. The highest BCUT2D eigenvalue weighted by molar-refractivity contribution is 9.10. The molecule has 1 aromatic carbocycles. The van der Waals surface area contributed by atoms with Gasteiger partial charge in [0, 0.05) is 10.2 Å². The molecule has 0 saturated carbocycles. The third-order valence-corrected chi connectivity index (χ3v) is 3.82. The highest BCUT2D eigenvalue weighted by Gasteiger charge is 2.15. The number of benzene rings is 1. The van der Waals surface area contributed by atoms with Crippen LogP contribution in [-0.2, 0) is 9.59 Å². The molecule has 7 heteroatoms. The molecule has 0 radical (unpaired) electrons. The van der Waals surface area contributed by atoms with Crippen LogP contribution in [0.4, 0.5) is 5.69 Å². The summed E-state index contributed by atoms with van der Waals surface area (Å²) in [5.74, 6) is -0.238. The van der Waals surface area contributed by atoms with E-state index < -0.39 is 6.04 Å². The highest BCUT2D eigenvalue weighted by atomic mass is 79.9. The van der Waals surface area contributed by atoms with Gasteiger partial charge >= 0.3 is 0 Å². The normalized spacial score (nSPS) is 11.5. The van der Waals surface area contributed by atoms with Crippen LogP contribution in [0.1, 0.15) is 25.8 Å². The van der Waals surface area contributed by atoms with Crippen LogP contribution in [-0.4, -0.2) is 24.4 Å². The first-order valence-electron chi connectivity index (χ1n) is 6.89. The molecule has 0 aliphatic carbocycles. The minimum atomic E-state index is -0.576. The van der Waals surface area contributed by atoms with Gasteiger partial charge in [0.25, 0.3) is 0 Å². The maximum absolute atomic E-state index is 11.8. The van der Waals surface area contributed by atoms with Gasteiger partial charge in [0.15, 0.2) is 0 Å². The van der Waals surface area contributed by atoms with E-state index in [2.05, 4.69) is 26.6 Å². The lowest BCUT2D eigenvalue weighted by molar-refractivity contribution is -0.125. The Morgan fingerprint density at radius 3 is 2.50 bits per heavy atom. The molecule has 22 heavy (non-hydrogen) atoms. The summed E-state index contributed by atoms with van der Waals surface area (Å²) in [5, 5.41) is 5.28. The van der Waals surface area contributed by atoms with Gasteiger partial charge < -0.3 is 16.4 Å². The molecule has 1 rings (SSSR count). The second-order valence-corrected chi connectivity index (χ2v) is 6.32. The summed E-state index contributed by atoms with van der Waals surface area (Å²) >= 11 is 3.40. The summed E-state index contributed by atoms with van der Waals surface area (Å²) in [4.78, 5) is 23.5. The van der Waals surface area contributed by atoms with Crippen LogP contribution < -0.4 is 16.4 Å². The number of amides is 2. The largest absolute Gasteiger partial charge is 0.346 e. The molecule has 4 N–H and O–H groups in total. The van der Waals surface area contributed by atoms with Crippen LogP contribution in [0.5, 0.6) is 0 Å². The van der Waals surface area contributed by atoms with Crippen molar-refractivity contribution in [1.82, 2.24) is 5.32 Å². The lowest BCUT2D eigenvalue weighted by Gasteiger charge is -2.14. The van der Waals surface area contributed by atoms with Gasteiger partial charge in [-0.05, 0) is 43.0 Å². The van der Waals surface area contributed by atoms with E-state index in [4.69, 9.17) is 5.73 Å². The Morgan fingerprint density at radius 2 is 1.95 bits per heavy atom. The van der Waals surface area contributed by atoms with Gasteiger partial charge in [-0.25, -0.2) is 0 Å². The van der Waals surface area contributed by atoms with Gasteiger partial charge in [0.05, 0.1) is 12.6 Å². The Morgan fingerprint density at radius 1 is 1.32 bits per heavy atom. The van der Waals surface area contributed by atoms with E-state index >= 15 is 0 Å². The second kappa shape index (κ2) is 9.82. The number of hydrogen-bond acceptors (Lipinski definition) is 3. The lowest BCUT2D eigenvalue weighted by atomic mass is 10.0. The molecule has 0 unspecified atom stereocenters. The van der Waals surface area contributed by atoms with Crippen LogP contribution in [0, 0.1) is 12.8 Å². The first kappa shape index (κ1) is 20.9. The summed E-state index contributed by atoms with van der Waals surface area (Å²) in [6.45, 7) is 5.84. The molecular formula is C15H23BrClN3O2. The van der Waals surface area contributed by atoms with E-state index in [1.165, 1.54) is 0 Å². The van der Waals surface area contributed by atoms with Crippen LogP contribution >= 0.6 is 28.3 Å². The number of nitrogens with two attached hydrogens (primary N) is 1. The van der Waals surface area contributed by atoms with E-state index in [0.29, 0.717) is 18.0 Å². The Hall–Kier alpha value is -1.11. The molecule has 124 valence electrons. The SMILES string of the molecule is Cc1cc(NC(=O)CNC(=O)[C@@H](N)CC(C)C)ccc1Br.Cl. The molecular weight excluding hydrogens is 370 g/mol. The summed E-state index contributed by atoms with van der Waals surface area (Å²) in [6.07, 6.45) is 0.597. The van der Waals surface area contributed by atoms with Crippen molar-refractivity contribution in [2.24, 2.45) is 11.7 Å². The summed E-state index contributed by atoms with van der Waals surface area (Å²) < 4.78 is 0.980. The molecule has 0 aliphatic rings. The number of anilines is 1. The molecule has 5 nitrogen and oxygen atoms in total. The average molecular weight is 393 g/mol. The maximum atomic E-state index is 11.8. The fourth-order valence-corrected chi connectivity index (χ4v) is 2.09. The standard InChI is InChI=1S/C15H22BrN3O2.ClH/c1-9(2)6-13(17)15(21)18-8-14(20)19-11-4-5-12(16)10(3)7-11;/h4-5,7,9,13H,6,8,17H2,1-3H3,(H,18,21)(H,19,20);1H/t13-;/m0./s1. The zero-order valence-electron chi connectivity index (χ0n) is 13.0. The van der Waals surface area contributed by atoms with Crippen LogP contribution in [0.3, 0.4) is 0 Å². The molecule has 0 bridgehead atoms. The Bertz CT molecular complexity index is 524. The van der Waals surface area contributed by atoms with Gasteiger partial charge in [0.1, 0.15) is 0 Å². The third-order valence-electron chi connectivity index (χ3n) is 2.93. The zero-order valence-corrected chi connectivity index (χ0v) is 15.4. The van der Waals surface area contributed by atoms with E-state index in [-0.39, 0.29) is 30.8 Å². The Labute approximate surface area is 145 Å². The zero-order chi connectivity index (χ0) is 16.0. The maximum Gasteiger partial charge on any atom is 0.243 e. The predicted molar refractivity (Wildman–Crippen MR) is 95.2 cm³/mol. The van der Waals surface area contributed by atoms with Crippen molar-refractivity contribution in [3.05, 3.63) is 28.2 Å². The van der Waals surface area contributed by atoms with Gasteiger partial charge in [-0.2, -0.15) is 0 Å². The van der Waals surface area contributed by atoms with Crippen molar-refractivity contribution < 1.29 is 9.59 Å². The molecule has 1 atom stereocenters. The van der Waals surface area contributed by atoms with Crippen molar-refractivity contribution in [1.29, 1.82) is 0 Å². The van der Waals surface area contributed by atoms with E-state index in [1.54, 1.807) is 6.07 Å². The molecule has 0 heterocycles. The van der Waals surface area contributed by atoms with E-state index in [9.17, 15) is 9.59 Å². The molecule has 2 amide bonds. The Balaban J connectivity index is 0.00000441. The molecule has 0 fully saturated rings.